The summed E-state index contributed by atoms with van der Waals surface area (Å²) in [5.74, 6) is 6.77. The lowest BCUT2D eigenvalue weighted by molar-refractivity contribution is -0.00300. The van der Waals surface area contributed by atoms with Crippen LogP contribution in [-0.2, 0) is 21.3 Å². The lowest BCUT2D eigenvalue weighted by atomic mass is 10.1. The zero-order valence-electron chi connectivity index (χ0n) is 20.3. The van der Waals surface area contributed by atoms with Crippen molar-refractivity contribution < 1.29 is 31.9 Å². The first kappa shape index (κ1) is 24.5. The molecule has 1 saturated heterocycles. The van der Waals surface area contributed by atoms with Crippen molar-refractivity contribution in [2.24, 2.45) is 5.92 Å². The van der Waals surface area contributed by atoms with E-state index < -0.39 is 10.0 Å². The maximum absolute atomic E-state index is 13.6. The molecule has 11 nitrogen and oxygen atoms in total. The maximum Gasteiger partial charge on any atom is 0.270 e. The van der Waals surface area contributed by atoms with Crippen molar-refractivity contribution >= 4 is 26.8 Å². The van der Waals surface area contributed by atoms with Crippen LogP contribution in [0.2, 0.25) is 0 Å². The zero-order valence-corrected chi connectivity index (χ0v) is 21.2. The van der Waals surface area contributed by atoms with Gasteiger partial charge in [0, 0.05) is 18.0 Å². The fourth-order valence-electron chi connectivity index (χ4n) is 3.89. The van der Waals surface area contributed by atoms with Crippen molar-refractivity contribution in [3.8, 4) is 29.1 Å². The largest absolute Gasteiger partial charge is 0.496 e. The average molecular weight is 525 g/mol. The Morgan fingerprint density at radius 1 is 1.08 bits per heavy atom. The fourth-order valence-corrected chi connectivity index (χ4v) is 5.20. The van der Waals surface area contributed by atoms with Crippen LogP contribution in [0.4, 0.5) is 5.82 Å². The quantitative estimate of drug-likeness (QED) is 0.346. The molecule has 0 saturated carbocycles. The molecule has 1 fully saturated rings. The van der Waals surface area contributed by atoms with E-state index in [0.29, 0.717) is 42.0 Å². The van der Waals surface area contributed by atoms with Crippen LogP contribution in [0.5, 0.6) is 17.2 Å². The van der Waals surface area contributed by atoms with Gasteiger partial charge in [-0.3, -0.25) is 9.40 Å². The van der Waals surface area contributed by atoms with E-state index in [0.717, 1.165) is 5.56 Å². The molecule has 4 aromatic rings. The highest BCUT2D eigenvalue weighted by Crippen LogP contribution is 2.39. The topological polar surface area (TPSA) is 127 Å². The standard InChI is InChI=1S/C25H24N4O7S/c1-32-19-11-18(13-29-8-4-7-26-29)12-20-23(19)25(27-36-20)28-37(30,31)24-21(33-2)9-16(10-22(24)34-3)5-6-17-14-35-15-17/h4,7-12,17H,13-15H2,1-3H3,(H,27,28). The van der Waals surface area contributed by atoms with Gasteiger partial charge in [0.15, 0.2) is 16.3 Å². The van der Waals surface area contributed by atoms with Crippen LogP contribution in [-0.4, -0.2) is 57.9 Å². The molecule has 2 aromatic carbocycles. The molecule has 3 heterocycles. The second-order valence-electron chi connectivity index (χ2n) is 8.23. The Morgan fingerprint density at radius 3 is 2.41 bits per heavy atom. The van der Waals surface area contributed by atoms with Crippen LogP contribution in [0, 0.1) is 17.8 Å². The molecule has 1 aliphatic heterocycles. The van der Waals surface area contributed by atoms with Gasteiger partial charge in [-0.05, 0) is 35.9 Å². The first-order valence-electron chi connectivity index (χ1n) is 11.2. The minimum absolute atomic E-state index is 0.0320. The molecular weight excluding hydrogens is 500 g/mol. The first-order valence-corrected chi connectivity index (χ1v) is 12.7. The molecule has 0 spiro atoms. The Morgan fingerprint density at radius 2 is 1.81 bits per heavy atom. The van der Waals surface area contributed by atoms with Crippen LogP contribution < -0.4 is 18.9 Å². The normalized spacial score (nSPS) is 13.5. The first-order chi connectivity index (χ1) is 17.9. The SMILES string of the molecule is COc1cc(C#CC2COC2)cc(OC)c1S(=O)(=O)Nc1noc2cc(Cn3cccn3)cc(OC)c12. The monoisotopic (exact) mass is 524 g/mol. The molecule has 5 rings (SSSR count). The van der Waals surface area contributed by atoms with Crippen molar-refractivity contribution in [2.75, 3.05) is 39.3 Å². The van der Waals surface area contributed by atoms with Crippen LogP contribution in [0.15, 0.2) is 52.1 Å². The molecule has 1 N–H and O–H groups in total. The number of methoxy groups -OCH3 is 3. The molecule has 0 amide bonds. The molecule has 12 heteroatoms. The van der Waals surface area contributed by atoms with E-state index in [1.54, 1.807) is 35.1 Å². The Kier molecular flexibility index (Phi) is 6.64. The molecule has 0 aliphatic carbocycles. The minimum Gasteiger partial charge on any atom is -0.496 e. The summed E-state index contributed by atoms with van der Waals surface area (Å²) in [6.07, 6.45) is 3.51. The van der Waals surface area contributed by atoms with Crippen molar-refractivity contribution in [3.05, 3.63) is 53.9 Å². The van der Waals surface area contributed by atoms with Crippen molar-refractivity contribution in [3.63, 3.8) is 0 Å². The fraction of sp³-hybridized carbons (Fsp3) is 0.280. The average Bonchev–Trinajstić information content (AvgIpc) is 3.51. The number of ether oxygens (including phenoxy) is 4. The maximum atomic E-state index is 13.6. The van der Waals surface area contributed by atoms with Gasteiger partial charge in [0.2, 0.25) is 0 Å². The minimum atomic E-state index is -4.24. The lowest BCUT2D eigenvalue weighted by Gasteiger charge is -2.20. The smallest absolute Gasteiger partial charge is 0.270 e. The van der Waals surface area contributed by atoms with Gasteiger partial charge >= 0.3 is 0 Å². The van der Waals surface area contributed by atoms with Gasteiger partial charge in [0.25, 0.3) is 10.0 Å². The molecular formula is C25H24N4O7S. The Balaban J connectivity index is 1.50. The Hall–Kier alpha value is -4.21. The number of aromatic nitrogens is 3. The van der Waals surface area contributed by atoms with E-state index in [-0.39, 0.29) is 28.1 Å². The summed E-state index contributed by atoms with van der Waals surface area (Å²) in [6, 6.07) is 8.45. The lowest BCUT2D eigenvalue weighted by Crippen LogP contribution is -2.25. The zero-order chi connectivity index (χ0) is 26.0. The summed E-state index contributed by atoms with van der Waals surface area (Å²) in [4.78, 5) is -0.194. The van der Waals surface area contributed by atoms with E-state index in [9.17, 15) is 8.42 Å². The van der Waals surface area contributed by atoms with Crippen LogP contribution in [0.1, 0.15) is 11.1 Å². The summed E-state index contributed by atoms with van der Waals surface area (Å²) >= 11 is 0. The number of hydrogen-bond acceptors (Lipinski definition) is 9. The molecule has 37 heavy (non-hydrogen) atoms. The Labute approximate surface area is 213 Å². The molecule has 192 valence electrons. The molecule has 0 bridgehead atoms. The predicted octanol–water partition coefficient (Wildman–Crippen LogP) is 2.90. The number of fused-ring (bicyclic) bond motifs is 1. The van der Waals surface area contributed by atoms with Gasteiger partial charge < -0.3 is 23.5 Å². The summed E-state index contributed by atoms with van der Waals surface area (Å²) < 4.78 is 58.3. The molecule has 1 aliphatic rings. The van der Waals surface area contributed by atoms with Gasteiger partial charge in [-0.1, -0.05) is 17.0 Å². The highest BCUT2D eigenvalue weighted by atomic mass is 32.2. The van der Waals surface area contributed by atoms with E-state index >= 15 is 0 Å². The highest BCUT2D eigenvalue weighted by Gasteiger charge is 2.29. The van der Waals surface area contributed by atoms with Crippen molar-refractivity contribution in [1.29, 1.82) is 0 Å². The van der Waals surface area contributed by atoms with Crippen molar-refractivity contribution in [1.82, 2.24) is 14.9 Å². The molecule has 0 atom stereocenters. The van der Waals surface area contributed by atoms with Crippen LogP contribution >= 0.6 is 0 Å². The summed E-state index contributed by atoms with van der Waals surface area (Å²) in [7, 11) is -0.00195. The predicted molar refractivity (Wildman–Crippen MR) is 133 cm³/mol. The van der Waals surface area contributed by atoms with Crippen LogP contribution in [0.25, 0.3) is 11.0 Å². The van der Waals surface area contributed by atoms with E-state index in [2.05, 4.69) is 26.8 Å². The summed E-state index contributed by atoms with van der Waals surface area (Å²) in [6.45, 7) is 1.63. The van der Waals surface area contributed by atoms with Gasteiger partial charge in [0.05, 0.1) is 47.0 Å². The van der Waals surface area contributed by atoms with Crippen LogP contribution in [0.3, 0.4) is 0 Å². The van der Waals surface area contributed by atoms with Gasteiger partial charge in [-0.2, -0.15) is 5.10 Å². The van der Waals surface area contributed by atoms with E-state index in [1.165, 1.54) is 21.3 Å². The third-order valence-corrected chi connectivity index (χ3v) is 7.14. The summed E-state index contributed by atoms with van der Waals surface area (Å²) in [5, 5.41) is 8.54. The third kappa shape index (κ3) is 4.91. The number of anilines is 1. The van der Waals surface area contributed by atoms with Gasteiger partial charge in [-0.15, -0.1) is 0 Å². The third-order valence-electron chi connectivity index (χ3n) is 5.74. The van der Waals surface area contributed by atoms with E-state index in [1.807, 2.05) is 12.3 Å². The second-order valence-corrected chi connectivity index (χ2v) is 9.84. The van der Waals surface area contributed by atoms with Gasteiger partial charge in [0.1, 0.15) is 22.6 Å². The summed E-state index contributed by atoms with van der Waals surface area (Å²) in [5.41, 5.74) is 1.74. The number of sulfonamides is 1. The number of nitrogens with zero attached hydrogens (tertiary/aromatic N) is 3. The number of hydrogen-bond donors (Lipinski definition) is 1. The number of nitrogens with one attached hydrogen (secondary N) is 1. The Bertz CT molecular complexity index is 1570. The number of rotatable bonds is 8. The van der Waals surface area contributed by atoms with E-state index in [4.69, 9.17) is 23.5 Å². The second kappa shape index (κ2) is 10.0. The molecule has 0 unspecified atom stereocenters. The molecule has 2 aromatic heterocycles. The molecule has 0 radical (unpaired) electrons. The highest BCUT2D eigenvalue weighted by molar-refractivity contribution is 7.93. The van der Waals surface area contributed by atoms with Crippen molar-refractivity contribution in [2.45, 2.75) is 11.4 Å². The van der Waals surface area contributed by atoms with Gasteiger partial charge in [-0.25, -0.2) is 8.42 Å². The number of benzene rings is 2.